The molecular formula is C20H17NO5. The maximum atomic E-state index is 12.0. The molecule has 0 saturated heterocycles. The van der Waals surface area contributed by atoms with Crippen LogP contribution in [0.5, 0.6) is 17.2 Å². The number of amides is 1. The molecule has 3 aromatic rings. The van der Waals surface area contributed by atoms with Crippen molar-refractivity contribution < 1.29 is 18.7 Å². The van der Waals surface area contributed by atoms with Crippen LogP contribution < -0.4 is 20.2 Å². The number of nitrogens with one attached hydrogen (secondary N) is 1. The third kappa shape index (κ3) is 4.51. The van der Waals surface area contributed by atoms with Gasteiger partial charge in [0.05, 0.1) is 6.26 Å². The largest absolute Gasteiger partial charge is 0.476 e. The van der Waals surface area contributed by atoms with Crippen molar-refractivity contribution in [2.75, 3.05) is 11.9 Å². The summed E-state index contributed by atoms with van der Waals surface area (Å²) in [6.07, 6.45) is 1.28. The Balaban J connectivity index is 1.55. The van der Waals surface area contributed by atoms with Crippen molar-refractivity contribution in [2.45, 2.75) is 6.92 Å². The summed E-state index contributed by atoms with van der Waals surface area (Å²) in [5, 5.41) is 2.69. The Hall–Kier alpha value is -3.54. The Morgan fingerprint density at radius 1 is 1.00 bits per heavy atom. The minimum absolute atomic E-state index is 0.0364. The second-order valence-electron chi connectivity index (χ2n) is 5.45. The molecule has 0 unspecified atom stereocenters. The number of rotatable bonds is 6. The molecule has 0 radical (unpaired) electrons. The van der Waals surface area contributed by atoms with Crippen molar-refractivity contribution in [3.05, 3.63) is 82.9 Å². The number of carbonyl (C=O) groups is 1. The zero-order chi connectivity index (χ0) is 18.4. The van der Waals surface area contributed by atoms with Crippen LogP contribution in [0.4, 0.5) is 5.69 Å². The Labute approximate surface area is 150 Å². The molecule has 0 bridgehead atoms. The topological polar surface area (TPSA) is 77.8 Å². The standard InChI is InChI=1S/C20H17NO5/c1-14-20(18(22)11-12-24-14)25-13-19(23)21-15-7-9-17(10-8-15)26-16-5-3-2-4-6-16/h2-12H,13H2,1H3,(H,21,23). The van der Waals surface area contributed by atoms with E-state index in [9.17, 15) is 9.59 Å². The van der Waals surface area contributed by atoms with E-state index in [4.69, 9.17) is 13.9 Å². The van der Waals surface area contributed by atoms with Crippen LogP contribution >= 0.6 is 0 Å². The van der Waals surface area contributed by atoms with E-state index in [1.54, 1.807) is 31.2 Å². The molecule has 132 valence electrons. The molecule has 1 heterocycles. The van der Waals surface area contributed by atoms with E-state index in [1.807, 2.05) is 30.3 Å². The number of aryl methyl sites for hydroxylation is 1. The van der Waals surface area contributed by atoms with Gasteiger partial charge >= 0.3 is 0 Å². The molecule has 0 atom stereocenters. The molecule has 1 N–H and O–H groups in total. The van der Waals surface area contributed by atoms with Crippen LogP contribution in [0.3, 0.4) is 0 Å². The molecule has 26 heavy (non-hydrogen) atoms. The van der Waals surface area contributed by atoms with Crippen LogP contribution in [-0.2, 0) is 4.79 Å². The van der Waals surface area contributed by atoms with Gasteiger partial charge in [0.1, 0.15) is 17.3 Å². The molecule has 6 nitrogen and oxygen atoms in total. The Morgan fingerprint density at radius 2 is 1.69 bits per heavy atom. The van der Waals surface area contributed by atoms with Crippen LogP contribution in [0.2, 0.25) is 0 Å². The van der Waals surface area contributed by atoms with E-state index in [0.717, 1.165) is 5.75 Å². The van der Waals surface area contributed by atoms with Gasteiger partial charge in [0.15, 0.2) is 6.61 Å². The monoisotopic (exact) mass is 351 g/mol. The predicted molar refractivity (Wildman–Crippen MR) is 96.8 cm³/mol. The van der Waals surface area contributed by atoms with E-state index in [1.165, 1.54) is 12.3 Å². The summed E-state index contributed by atoms with van der Waals surface area (Å²) in [7, 11) is 0. The van der Waals surface area contributed by atoms with Crippen molar-refractivity contribution in [3.8, 4) is 17.2 Å². The number of ether oxygens (including phenoxy) is 2. The normalized spacial score (nSPS) is 10.2. The second kappa shape index (κ2) is 8.02. The summed E-state index contributed by atoms with van der Waals surface area (Å²) < 4.78 is 16.0. The van der Waals surface area contributed by atoms with Gasteiger partial charge in [0.25, 0.3) is 5.91 Å². The molecule has 0 aliphatic carbocycles. The summed E-state index contributed by atoms with van der Waals surface area (Å²) in [5.41, 5.74) is 0.264. The number of hydrogen-bond donors (Lipinski definition) is 1. The van der Waals surface area contributed by atoms with Crippen LogP contribution in [0.25, 0.3) is 0 Å². The fourth-order valence-electron chi connectivity index (χ4n) is 2.24. The van der Waals surface area contributed by atoms with E-state index in [0.29, 0.717) is 17.2 Å². The lowest BCUT2D eigenvalue weighted by atomic mass is 10.3. The summed E-state index contributed by atoms with van der Waals surface area (Å²) in [6, 6.07) is 17.6. The number of anilines is 1. The first-order chi connectivity index (χ1) is 12.6. The van der Waals surface area contributed by atoms with Gasteiger partial charge in [0.2, 0.25) is 11.2 Å². The fraction of sp³-hybridized carbons (Fsp3) is 0.100. The van der Waals surface area contributed by atoms with Gasteiger partial charge in [-0.2, -0.15) is 0 Å². The van der Waals surface area contributed by atoms with Gasteiger partial charge in [-0.15, -0.1) is 0 Å². The van der Waals surface area contributed by atoms with Gasteiger partial charge in [-0.1, -0.05) is 18.2 Å². The summed E-state index contributed by atoms with van der Waals surface area (Å²) in [5.74, 6) is 1.36. The summed E-state index contributed by atoms with van der Waals surface area (Å²) in [6.45, 7) is 1.30. The minimum atomic E-state index is -0.385. The molecule has 1 aromatic heterocycles. The predicted octanol–water partition coefficient (Wildman–Crippen LogP) is 3.76. The Bertz CT molecular complexity index is 932. The zero-order valence-electron chi connectivity index (χ0n) is 14.1. The fourth-order valence-corrected chi connectivity index (χ4v) is 2.24. The highest BCUT2D eigenvalue weighted by atomic mass is 16.5. The molecule has 0 spiro atoms. The quantitative estimate of drug-likeness (QED) is 0.732. The average Bonchev–Trinajstić information content (AvgIpc) is 2.64. The summed E-state index contributed by atoms with van der Waals surface area (Å²) >= 11 is 0. The second-order valence-corrected chi connectivity index (χ2v) is 5.45. The van der Waals surface area contributed by atoms with Gasteiger partial charge in [0, 0.05) is 11.8 Å². The van der Waals surface area contributed by atoms with Gasteiger partial charge in [-0.3, -0.25) is 9.59 Å². The molecule has 0 saturated carbocycles. The van der Waals surface area contributed by atoms with Crippen molar-refractivity contribution in [1.29, 1.82) is 0 Å². The molecule has 0 aliphatic rings. The minimum Gasteiger partial charge on any atom is -0.476 e. The van der Waals surface area contributed by atoms with Crippen LogP contribution in [0, 0.1) is 6.92 Å². The highest BCUT2D eigenvalue weighted by Gasteiger charge is 2.10. The van der Waals surface area contributed by atoms with E-state index in [2.05, 4.69) is 5.32 Å². The molecule has 0 fully saturated rings. The Morgan fingerprint density at radius 3 is 2.38 bits per heavy atom. The smallest absolute Gasteiger partial charge is 0.262 e. The molecule has 6 heteroatoms. The number of carbonyl (C=O) groups excluding carboxylic acids is 1. The van der Waals surface area contributed by atoms with Crippen LogP contribution in [0.15, 0.2) is 76.1 Å². The lowest BCUT2D eigenvalue weighted by Gasteiger charge is -2.09. The molecule has 0 aliphatic heterocycles. The van der Waals surface area contributed by atoms with Crippen LogP contribution in [0.1, 0.15) is 5.76 Å². The number of benzene rings is 2. The highest BCUT2D eigenvalue weighted by Crippen LogP contribution is 2.22. The zero-order valence-corrected chi connectivity index (χ0v) is 14.1. The van der Waals surface area contributed by atoms with Crippen molar-refractivity contribution >= 4 is 11.6 Å². The third-order valence-electron chi connectivity index (χ3n) is 3.47. The van der Waals surface area contributed by atoms with Crippen LogP contribution in [-0.4, -0.2) is 12.5 Å². The number of para-hydroxylation sites is 1. The van der Waals surface area contributed by atoms with E-state index >= 15 is 0 Å². The maximum absolute atomic E-state index is 12.0. The molecule has 3 rings (SSSR count). The van der Waals surface area contributed by atoms with E-state index < -0.39 is 0 Å². The van der Waals surface area contributed by atoms with Crippen molar-refractivity contribution in [2.24, 2.45) is 0 Å². The Kier molecular flexibility index (Phi) is 5.34. The maximum Gasteiger partial charge on any atom is 0.262 e. The van der Waals surface area contributed by atoms with Gasteiger partial charge in [-0.05, 0) is 43.3 Å². The van der Waals surface area contributed by atoms with E-state index in [-0.39, 0.29) is 23.7 Å². The first-order valence-corrected chi connectivity index (χ1v) is 7.96. The van der Waals surface area contributed by atoms with Crippen molar-refractivity contribution in [3.63, 3.8) is 0 Å². The van der Waals surface area contributed by atoms with Gasteiger partial charge < -0.3 is 19.2 Å². The lowest BCUT2D eigenvalue weighted by molar-refractivity contribution is -0.118. The first kappa shape index (κ1) is 17.3. The summed E-state index contributed by atoms with van der Waals surface area (Å²) in [4.78, 5) is 23.7. The molecule has 1 amide bonds. The molecular weight excluding hydrogens is 334 g/mol. The number of hydrogen-bond acceptors (Lipinski definition) is 5. The lowest BCUT2D eigenvalue weighted by Crippen LogP contribution is -2.22. The molecule has 2 aromatic carbocycles. The third-order valence-corrected chi connectivity index (χ3v) is 3.47. The highest BCUT2D eigenvalue weighted by molar-refractivity contribution is 5.91. The average molecular weight is 351 g/mol. The van der Waals surface area contributed by atoms with Gasteiger partial charge in [-0.25, -0.2) is 0 Å². The first-order valence-electron chi connectivity index (χ1n) is 7.96. The van der Waals surface area contributed by atoms with Crippen molar-refractivity contribution in [1.82, 2.24) is 0 Å². The SMILES string of the molecule is Cc1occc(=O)c1OCC(=O)Nc1ccc(Oc2ccccc2)cc1.